The lowest BCUT2D eigenvalue weighted by Gasteiger charge is -2.37. The Morgan fingerprint density at radius 2 is 2.04 bits per heavy atom. The molecule has 0 saturated heterocycles. The third-order valence-corrected chi connectivity index (χ3v) is 4.79. The van der Waals surface area contributed by atoms with Gasteiger partial charge in [-0.25, -0.2) is 0 Å². The second-order valence-corrected chi connectivity index (χ2v) is 7.46. The molecule has 0 radical (unpaired) electrons. The smallest absolute Gasteiger partial charge is 0.187 e. The Morgan fingerprint density at radius 1 is 1.35 bits per heavy atom. The third kappa shape index (κ3) is 5.63. The Kier molecular flexibility index (Phi) is 6.19. The number of benzene rings is 1. The van der Waals surface area contributed by atoms with Gasteiger partial charge in [-0.2, -0.15) is 5.10 Å². The van der Waals surface area contributed by atoms with E-state index in [1.807, 2.05) is 24.3 Å². The summed E-state index contributed by atoms with van der Waals surface area (Å²) >= 11 is 11.2. The van der Waals surface area contributed by atoms with Gasteiger partial charge in [0.1, 0.15) is 0 Å². The summed E-state index contributed by atoms with van der Waals surface area (Å²) in [6.45, 7) is 6.60. The van der Waals surface area contributed by atoms with Gasteiger partial charge in [0.25, 0.3) is 0 Å². The molecule has 0 fully saturated rings. The lowest BCUT2D eigenvalue weighted by Crippen LogP contribution is -2.52. The normalized spacial score (nSPS) is 18.6. The molecule has 0 saturated carbocycles. The van der Waals surface area contributed by atoms with Crippen LogP contribution in [0.3, 0.4) is 0 Å². The molecule has 124 valence electrons. The minimum Gasteiger partial charge on any atom is -0.356 e. The third-order valence-electron chi connectivity index (χ3n) is 4.34. The fourth-order valence-corrected chi connectivity index (χ4v) is 3.20. The van der Waals surface area contributed by atoms with Gasteiger partial charge in [0.2, 0.25) is 0 Å². The maximum Gasteiger partial charge on any atom is 0.187 e. The minimum atomic E-state index is -0.0585. The molecular weight excluding hydrogens is 326 g/mol. The second-order valence-electron chi connectivity index (χ2n) is 6.62. The van der Waals surface area contributed by atoms with Gasteiger partial charge in [0, 0.05) is 10.6 Å². The zero-order valence-corrected chi connectivity index (χ0v) is 15.5. The summed E-state index contributed by atoms with van der Waals surface area (Å²) in [6.07, 6.45) is 7.53. The average Bonchev–Trinajstić information content (AvgIpc) is 2.49. The van der Waals surface area contributed by atoms with Gasteiger partial charge >= 0.3 is 0 Å². The molecule has 0 aliphatic heterocycles. The number of hydrazone groups is 1. The number of halogens is 1. The van der Waals surface area contributed by atoms with Gasteiger partial charge in [-0.15, -0.1) is 0 Å². The van der Waals surface area contributed by atoms with Gasteiger partial charge in [0.05, 0.1) is 6.21 Å². The molecule has 3 nitrogen and oxygen atoms in total. The first-order valence-corrected chi connectivity index (χ1v) is 8.68. The van der Waals surface area contributed by atoms with Crippen molar-refractivity contribution >= 4 is 35.1 Å². The molecule has 0 aromatic heterocycles. The SMILES string of the molecule is CC1=CC[C@H](C(C)(C)NC(=S)N/N=C/c2ccc(Cl)cc2)CC1. The van der Waals surface area contributed by atoms with Crippen molar-refractivity contribution in [1.82, 2.24) is 10.7 Å². The summed E-state index contributed by atoms with van der Waals surface area (Å²) in [5.74, 6) is 0.575. The molecule has 1 aromatic carbocycles. The molecule has 2 N–H and O–H groups in total. The molecule has 0 unspecified atom stereocenters. The van der Waals surface area contributed by atoms with Crippen LogP contribution < -0.4 is 10.7 Å². The van der Waals surface area contributed by atoms with Crippen molar-refractivity contribution in [3.8, 4) is 0 Å². The predicted octanol–water partition coefficient (Wildman–Crippen LogP) is 4.66. The standard InChI is InChI=1S/C18H24ClN3S/c1-13-4-8-15(9-5-13)18(2,3)21-17(23)22-20-12-14-6-10-16(19)11-7-14/h4,6-7,10-12,15H,5,8-9H2,1-3H3,(H2,21,22,23)/b20-12+/t15-/m0/s1. The van der Waals surface area contributed by atoms with Crippen molar-refractivity contribution < 1.29 is 0 Å². The van der Waals surface area contributed by atoms with E-state index in [4.69, 9.17) is 23.8 Å². The number of thiocarbonyl (C=S) groups is 1. The maximum atomic E-state index is 5.86. The summed E-state index contributed by atoms with van der Waals surface area (Å²) in [5, 5.41) is 8.83. The van der Waals surface area contributed by atoms with Crippen molar-refractivity contribution in [2.75, 3.05) is 0 Å². The van der Waals surface area contributed by atoms with Crippen molar-refractivity contribution in [1.29, 1.82) is 0 Å². The van der Waals surface area contributed by atoms with E-state index in [-0.39, 0.29) is 5.54 Å². The van der Waals surface area contributed by atoms with E-state index in [9.17, 15) is 0 Å². The molecule has 0 amide bonds. The molecule has 1 aliphatic rings. The number of allylic oxidation sites excluding steroid dienone is 2. The van der Waals surface area contributed by atoms with E-state index < -0.39 is 0 Å². The van der Waals surface area contributed by atoms with E-state index in [1.54, 1.807) is 6.21 Å². The zero-order valence-electron chi connectivity index (χ0n) is 13.9. The monoisotopic (exact) mass is 349 g/mol. The van der Waals surface area contributed by atoms with E-state index in [0.29, 0.717) is 16.1 Å². The molecule has 5 heteroatoms. The molecule has 1 atom stereocenters. The summed E-state index contributed by atoms with van der Waals surface area (Å²) in [6, 6.07) is 7.48. The number of hydrogen-bond acceptors (Lipinski definition) is 2. The Hall–Kier alpha value is -1.39. The number of rotatable bonds is 4. The Balaban J connectivity index is 1.85. The summed E-state index contributed by atoms with van der Waals surface area (Å²) in [5.41, 5.74) is 5.29. The molecular formula is C18H24ClN3S. The Bertz CT molecular complexity index is 605. The van der Waals surface area contributed by atoms with Crippen LogP contribution in [0.4, 0.5) is 0 Å². The molecule has 2 rings (SSSR count). The molecule has 1 aromatic rings. The van der Waals surface area contributed by atoms with Crippen molar-refractivity contribution in [2.45, 2.75) is 45.6 Å². The van der Waals surface area contributed by atoms with E-state index in [0.717, 1.165) is 12.0 Å². The van der Waals surface area contributed by atoms with Crippen molar-refractivity contribution in [3.05, 3.63) is 46.5 Å². The highest BCUT2D eigenvalue weighted by atomic mass is 35.5. The number of hydrogen-bond donors (Lipinski definition) is 2. The lowest BCUT2D eigenvalue weighted by atomic mass is 9.77. The topological polar surface area (TPSA) is 36.4 Å². The molecule has 1 aliphatic carbocycles. The summed E-state index contributed by atoms with van der Waals surface area (Å²) in [7, 11) is 0. The van der Waals surface area contributed by atoms with Crippen LogP contribution >= 0.6 is 23.8 Å². The lowest BCUT2D eigenvalue weighted by molar-refractivity contribution is 0.265. The van der Waals surface area contributed by atoms with Crippen LogP contribution in [-0.4, -0.2) is 16.9 Å². The zero-order chi connectivity index (χ0) is 16.9. The molecule has 23 heavy (non-hydrogen) atoms. The van der Waals surface area contributed by atoms with Gasteiger partial charge in [-0.1, -0.05) is 35.4 Å². The van der Waals surface area contributed by atoms with Crippen LogP contribution in [0.15, 0.2) is 41.0 Å². The fraction of sp³-hybridized carbons (Fsp3) is 0.444. The number of nitrogens with zero attached hydrogens (tertiary/aromatic N) is 1. The van der Waals surface area contributed by atoms with Gasteiger partial charge in [-0.05, 0) is 75.9 Å². The molecule has 0 spiro atoms. The van der Waals surface area contributed by atoms with E-state index in [1.165, 1.54) is 18.4 Å². The van der Waals surface area contributed by atoms with Crippen LogP contribution in [-0.2, 0) is 0 Å². The van der Waals surface area contributed by atoms with Gasteiger partial charge < -0.3 is 5.32 Å². The van der Waals surface area contributed by atoms with Gasteiger partial charge in [-0.3, -0.25) is 5.43 Å². The molecule has 0 heterocycles. The van der Waals surface area contributed by atoms with Crippen LogP contribution in [0.5, 0.6) is 0 Å². The minimum absolute atomic E-state index is 0.0585. The number of nitrogens with one attached hydrogen (secondary N) is 2. The molecule has 0 bridgehead atoms. The Morgan fingerprint density at radius 3 is 2.65 bits per heavy atom. The highest BCUT2D eigenvalue weighted by Gasteiger charge is 2.30. The highest BCUT2D eigenvalue weighted by Crippen LogP contribution is 2.31. The quantitative estimate of drug-likeness (QED) is 0.359. The predicted molar refractivity (Wildman–Crippen MR) is 103 cm³/mol. The van der Waals surface area contributed by atoms with Crippen LogP contribution in [0.1, 0.15) is 45.6 Å². The van der Waals surface area contributed by atoms with Crippen molar-refractivity contribution in [3.63, 3.8) is 0 Å². The van der Waals surface area contributed by atoms with Gasteiger partial charge in [0.15, 0.2) is 5.11 Å². The second kappa shape index (κ2) is 7.93. The first-order chi connectivity index (χ1) is 10.9. The van der Waals surface area contributed by atoms with Crippen LogP contribution in [0.2, 0.25) is 5.02 Å². The van der Waals surface area contributed by atoms with E-state index >= 15 is 0 Å². The maximum absolute atomic E-state index is 5.86. The first-order valence-electron chi connectivity index (χ1n) is 7.89. The summed E-state index contributed by atoms with van der Waals surface area (Å²) in [4.78, 5) is 0. The highest BCUT2D eigenvalue weighted by molar-refractivity contribution is 7.80. The average molecular weight is 350 g/mol. The van der Waals surface area contributed by atoms with Crippen molar-refractivity contribution in [2.24, 2.45) is 11.0 Å². The largest absolute Gasteiger partial charge is 0.356 e. The Labute approximate surface area is 149 Å². The summed E-state index contributed by atoms with van der Waals surface area (Å²) < 4.78 is 0. The van der Waals surface area contributed by atoms with Crippen LogP contribution in [0.25, 0.3) is 0 Å². The van der Waals surface area contributed by atoms with Crippen LogP contribution in [0, 0.1) is 5.92 Å². The first kappa shape index (κ1) is 18.0. The fourth-order valence-electron chi connectivity index (χ4n) is 2.76. The van der Waals surface area contributed by atoms with E-state index in [2.05, 4.69) is 42.7 Å².